The molecule has 0 aromatic heterocycles. The summed E-state index contributed by atoms with van der Waals surface area (Å²) < 4.78 is 20.3. The second-order valence-corrected chi connectivity index (χ2v) is 21.4. The summed E-state index contributed by atoms with van der Waals surface area (Å²) in [5.41, 5.74) is 1.71. The Hall–Kier alpha value is -0.203. The van der Waals surface area contributed by atoms with Crippen molar-refractivity contribution in [1.82, 2.24) is 0 Å². The van der Waals surface area contributed by atoms with E-state index in [1.54, 1.807) is 0 Å². The Kier molecular flexibility index (Phi) is 6.54. The first kappa shape index (κ1) is 27.9. The van der Waals surface area contributed by atoms with Crippen LogP contribution in [0.1, 0.15) is 99.8 Å². The zero-order valence-electron chi connectivity index (χ0n) is 25.8. The van der Waals surface area contributed by atoms with Gasteiger partial charge < -0.3 is 19.0 Å². The summed E-state index contributed by atoms with van der Waals surface area (Å²) in [5.74, 6) is 3.27. The topological polar surface area (TPSA) is 47.9 Å². The van der Waals surface area contributed by atoms with Crippen molar-refractivity contribution in [2.45, 2.75) is 142 Å². The Labute approximate surface area is 233 Å². The van der Waals surface area contributed by atoms with E-state index in [0.29, 0.717) is 47.0 Å². The zero-order chi connectivity index (χ0) is 27.5. The van der Waals surface area contributed by atoms with E-state index in [9.17, 15) is 5.11 Å². The van der Waals surface area contributed by atoms with Gasteiger partial charge >= 0.3 is 0 Å². The van der Waals surface area contributed by atoms with Crippen LogP contribution in [0.2, 0.25) is 18.1 Å². The van der Waals surface area contributed by atoms with Crippen LogP contribution in [0, 0.1) is 46.3 Å². The molecule has 2 heterocycles. The summed E-state index contributed by atoms with van der Waals surface area (Å²) in [6.07, 6.45) is 11.7. The summed E-state index contributed by atoms with van der Waals surface area (Å²) in [7, 11) is -1.87. The highest BCUT2D eigenvalue weighted by molar-refractivity contribution is 6.74. The van der Waals surface area contributed by atoms with E-state index in [1.165, 1.54) is 37.7 Å². The minimum absolute atomic E-state index is 0.106. The molecule has 12 atom stereocenters. The van der Waals surface area contributed by atoms with Crippen LogP contribution in [0.4, 0.5) is 0 Å². The third-order valence-electron chi connectivity index (χ3n) is 13.7. The zero-order valence-corrected chi connectivity index (χ0v) is 26.8. The average molecular weight is 545 g/mol. The molecular weight excluding hydrogens is 488 g/mol. The van der Waals surface area contributed by atoms with Crippen LogP contribution in [0.3, 0.4) is 0 Å². The van der Waals surface area contributed by atoms with Gasteiger partial charge in [0, 0.05) is 17.8 Å². The molecule has 216 valence electrons. The Morgan fingerprint density at radius 3 is 2.45 bits per heavy atom. The molecule has 1 spiro atoms. The Morgan fingerprint density at radius 2 is 1.79 bits per heavy atom. The molecule has 5 fully saturated rings. The maximum absolute atomic E-state index is 11.8. The molecule has 38 heavy (non-hydrogen) atoms. The lowest BCUT2D eigenvalue weighted by Gasteiger charge is -2.60. The van der Waals surface area contributed by atoms with Crippen LogP contribution < -0.4 is 0 Å². The molecule has 0 aromatic carbocycles. The van der Waals surface area contributed by atoms with Gasteiger partial charge in [0.05, 0.1) is 24.9 Å². The average Bonchev–Trinajstić information content (AvgIpc) is 3.26. The van der Waals surface area contributed by atoms with Gasteiger partial charge in [0.1, 0.15) is 0 Å². The van der Waals surface area contributed by atoms with Crippen molar-refractivity contribution in [2.75, 3.05) is 6.61 Å². The highest BCUT2D eigenvalue weighted by atomic mass is 28.4. The number of aliphatic hydroxyl groups excluding tert-OH is 1. The van der Waals surface area contributed by atoms with Crippen molar-refractivity contribution < 1.29 is 19.0 Å². The van der Waals surface area contributed by atoms with E-state index in [1.807, 2.05) is 0 Å². The van der Waals surface area contributed by atoms with Crippen molar-refractivity contribution in [3.8, 4) is 0 Å². The minimum Gasteiger partial charge on any atom is -0.414 e. The highest BCUT2D eigenvalue weighted by Crippen LogP contribution is 2.70. The number of fused-ring (bicyclic) bond motifs is 7. The van der Waals surface area contributed by atoms with Crippen LogP contribution in [-0.4, -0.2) is 44.1 Å². The van der Waals surface area contributed by atoms with Crippen molar-refractivity contribution in [2.24, 2.45) is 46.3 Å². The third-order valence-corrected chi connectivity index (χ3v) is 18.2. The van der Waals surface area contributed by atoms with Crippen molar-refractivity contribution in [3.05, 3.63) is 11.6 Å². The predicted molar refractivity (Wildman–Crippen MR) is 155 cm³/mol. The molecule has 6 rings (SSSR count). The van der Waals surface area contributed by atoms with Gasteiger partial charge in [-0.15, -0.1) is 0 Å². The fraction of sp³-hybridized carbons (Fsp3) is 0.939. The number of hydrogen-bond donors (Lipinski definition) is 1. The van der Waals surface area contributed by atoms with E-state index in [0.717, 1.165) is 25.9 Å². The summed E-state index contributed by atoms with van der Waals surface area (Å²) in [4.78, 5) is 0. The molecular formula is C33H56O4Si. The van der Waals surface area contributed by atoms with Crippen molar-refractivity contribution in [1.29, 1.82) is 0 Å². The lowest BCUT2D eigenvalue weighted by molar-refractivity contribution is -0.272. The second-order valence-electron chi connectivity index (χ2n) is 16.6. The van der Waals surface area contributed by atoms with E-state index in [2.05, 4.69) is 67.6 Å². The van der Waals surface area contributed by atoms with E-state index in [4.69, 9.17) is 13.9 Å². The Bertz CT molecular complexity index is 961. The maximum atomic E-state index is 11.8. The number of allylic oxidation sites excluding steroid dienone is 1. The van der Waals surface area contributed by atoms with E-state index < -0.39 is 8.32 Å². The molecule has 3 saturated carbocycles. The lowest BCUT2D eigenvalue weighted by atomic mass is 9.46. The van der Waals surface area contributed by atoms with Crippen LogP contribution in [0.15, 0.2) is 11.6 Å². The molecule has 1 N–H and O–H groups in total. The minimum atomic E-state index is -1.87. The first-order valence-corrected chi connectivity index (χ1v) is 18.9. The van der Waals surface area contributed by atoms with Gasteiger partial charge in [0.2, 0.25) is 0 Å². The quantitative estimate of drug-likeness (QED) is 0.286. The standard InChI is InChI=1S/C33H56O4Si/c1-20-12-15-33(35-19-20)21(2)29-27(36-33)18-26-24-11-10-22-16-23(37-38(8,9)30(3,4)5)17-28(34)32(22,7)25(24)13-14-31(26,29)6/h10,20-21,23-29,34H,11-19H2,1-9H3/t20-,21+,23-,24-,25+,26+,27+,28+,29+,31+,32+,33-/m1/s1. The molecule has 0 aromatic rings. The van der Waals surface area contributed by atoms with Gasteiger partial charge in [-0.3, -0.25) is 0 Å². The smallest absolute Gasteiger partial charge is 0.192 e. The van der Waals surface area contributed by atoms with E-state index >= 15 is 0 Å². The van der Waals surface area contributed by atoms with Crippen LogP contribution in [0.25, 0.3) is 0 Å². The Balaban J connectivity index is 1.22. The number of rotatable bonds is 2. The first-order valence-electron chi connectivity index (χ1n) is 16.0. The normalized spacial score (nSPS) is 52.7. The molecule has 6 aliphatic rings. The summed E-state index contributed by atoms with van der Waals surface area (Å²) in [6, 6.07) is 0. The summed E-state index contributed by atoms with van der Waals surface area (Å²) in [5, 5.41) is 12.0. The predicted octanol–water partition coefficient (Wildman–Crippen LogP) is 7.71. The van der Waals surface area contributed by atoms with Crippen molar-refractivity contribution >= 4 is 8.32 Å². The number of aliphatic hydroxyl groups is 1. The molecule has 4 aliphatic carbocycles. The molecule has 0 bridgehead atoms. The van der Waals surface area contributed by atoms with Gasteiger partial charge in [-0.25, -0.2) is 0 Å². The summed E-state index contributed by atoms with van der Waals surface area (Å²) in [6.45, 7) is 22.2. The van der Waals surface area contributed by atoms with E-state index in [-0.39, 0.29) is 28.4 Å². The number of hydrogen-bond acceptors (Lipinski definition) is 4. The molecule has 2 saturated heterocycles. The van der Waals surface area contributed by atoms with Crippen molar-refractivity contribution in [3.63, 3.8) is 0 Å². The van der Waals surface area contributed by atoms with Crippen LogP contribution in [-0.2, 0) is 13.9 Å². The second kappa shape index (κ2) is 8.90. The molecule has 0 radical (unpaired) electrons. The maximum Gasteiger partial charge on any atom is 0.192 e. The fourth-order valence-electron chi connectivity index (χ4n) is 10.4. The molecule has 2 aliphatic heterocycles. The fourth-order valence-corrected chi connectivity index (χ4v) is 11.8. The largest absolute Gasteiger partial charge is 0.414 e. The Morgan fingerprint density at radius 1 is 1.05 bits per heavy atom. The van der Waals surface area contributed by atoms with Gasteiger partial charge in [0.15, 0.2) is 14.1 Å². The van der Waals surface area contributed by atoms with Crippen LogP contribution >= 0.6 is 0 Å². The lowest BCUT2D eigenvalue weighted by Crippen LogP contribution is -2.57. The monoisotopic (exact) mass is 544 g/mol. The highest BCUT2D eigenvalue weighted by Gasteiger charge is 2.69. The van der Waals surface area contributed by atoms with Gasteiger partial charge in [0.25, 0.3) is 0 Å². The van der Waals surface area contributed by atoms with Gasteiger partial charge in [-0.1, -0.05) is 60.1 Å². The van der Waals surface area contributed by atoms with Gasteiger partial charge in [-0.2, -0.15) is 0 Å². The third kappa shape index (κ3) is 3.87. The molecule has 5 heteroatoms. The summed E-state index contributed by atoms with van der Waals surface area (Å²) >= 11 is 0. The number of ether oxygens (including phenoxy) is 2. The molecule has 4 nitrogen and oxygen atoms in total. The van der Waals surface area contributed by atoms with Gasteiger partial charge in [-0.05, 0) is 98.1 Å². The van der Waals surface area contributed by atoms with Crippen LogP contribution in [0.5, 0.6) is 0 Å². The molecule has 0 unspecified atom stereocenters. The molecule has 0 amide bonds. The first-order chi connectivity index (χ1) is 17.6. The SMILES string of the molecule is C[C@@H]1CC[C@@]2(OC1)O[C@H]1C[C@H]3[C@@H]4CC=C5C[C@@H](O[Si](C)(C)C(C)(C)C)C[C@H](O)[C@]5(C)[C@H]4CC[C@]3(C)[C@H]1[C@@H]2C.